The predicted octanol–water partition coefficient (Wildman–Crippen LogP) is 2.58. The lowest BCUT2D eigenvalue weighted by atomic mass is 10.1. The van der Waals surface area contributed by atoms with Crippen molar-refractivity contribution in [3.8, 4) is 0 Å². The van der Waals surface area contributed by atoms with E-state index < -0.39 is 4.92 Å². The van der Waals surface area contributed by atoms with Crippen LogP contribution in [0.4, 0.5) is 11.4 Å². The van der Waals surface area contributed by atoms with E-state index in [1.807, 2.05) is 4.90 Å². The number of nitro groups is 1. The zero-order chi connectivity index (χ0) is 15.2. The predicted molar refractivity (Wildman–Crippen MR) is 83.0 cm³/mol. The van der Waals surface area contributed by atoms with Crippen molar-refractivity contribution in [3.63, 3.8) is 0 Å². The fourth-order valence-corrected chi connectivity index (χ4v) is 2.78. The molecule has 2 N–H and O–H groups in total. The van der Waals surface area contributed by atoms with Crippen molar-refractivity contribution in [1.82, 2.24) is 0 Å². The molecule has 1 aromatic carbocycles. The molecule has 0 unspecified atom stereocenters. The second-order valence-corrected chi connectivity index (χ2v) is 5.47. The van der Waals surface area contributed by atoms with Crippen molar-refractivity contribution >= 4 is 23.0 Å². The average molecular weight is 314 g/mol. The largest absolute Gasteiger partial charge is 0.378 e. The maximum Gasteiger partial charge on any atom is 0.310 e. The van der Waals surface area contributed by atoms with Gasteiger partial charge in [0, 0.05) is 19.7 Å². The summed E-state index contributed by atoms with van der Waals surface area (Å²) in [6.07, 6.45) is 2.79. The van der Waals surface area contributed by atoms with Gasteiger partial charge < -0.3 is 15.4 Å². The Hall–Kier alpha value is -1.37. The third-order valence-electron chi connectivity index (χ3n) is 3.63. The van der Waals surface area contributed by atoms with Gasteiger partial charge in [-0.3, -0.25) is 10.1 Å². The summed E-state index contributed by atoms with van der Waals surface area (Å²) in [5.41, 5.74) is 6.02. The number of hydrogen-bond acceptors (Lipinski definition) is 5. The summed E-state index contributed by atoms with van der Waals surface area (Å²) in [5, 5.41) is 11.4. The Morgan fingerprint density at radius 3 is 2.76 bits per heavy atom. The van der Waals surface area contributed by atoms with E-state index >= 15 is 0 Å². The lowest BCUT2D eigenvalue weighted by Crippen LogP contribution is -2.37. The molecular weight excluding hydrogens is 294 g/mol. The molecule has 0 amide bonds. The Labute approximate surface area is 129 Å². The fraction of sp³-hybridized carbons (Fsp3) is 0.571. The zero-order valence-corrected chi connectivity index (χ0v) is 12.6. The summed E-state index contributed by atoms with van der Waals surface area (Å²) in [5.74, 6) is 0. The molecule has 1 aliphatic rings. The van der Waals surface area contributed by atoms with Crippen LogP contribution in [-0.2, 0) is 4.74 Å². The van der Waals surface area contributed by atoms with Crippen LogP contribution in [0.25, 0.3) is 0 Å². The molecule has 1 heterocycles. The van der Waals surface area contributed by atoms with E-state index in [1.54, 1.807) is 18.2 Å². The van der Waals surface area contributed by atoms with Gasteiger partial charge >= 0.3 is 5.69 Å². The molecule has 0 aliphatic carbocycles. The Bertz CT molecular complexity index is 490. The first-order valence-corrected chi connectivity index (χ1v) is 7.50. The molecule has 0 aromatic heterocycles. The van der Waals surface area contributed by atoms with Crippen LogP contribution in [0.3, 0.4) is 0 Å². The van der Waals surface area contributed by atoms with Crippen LogP contribution in [0.1, 0.15) is 19.3 Å². The summed E-state index contributed by atoms with van der Waals surface area (Å²) >= 11 is 5.95. The highest BCUT2D eigenvalue weighted by Crippen LogP contribution is 2.36. The van der Waals surface area contributed by atoms with Crippen LogP contribution in [0.2, 0.25) is 5.02 Å². The van der Waals surface area contributed by atoms with Crippen LogP contribution >= 0.6 is 11.6 Å². The van der Waals surface area contributed by atoms with Gasteiger partial charge in [0.1, 0.15) is 10.7 Å². The monoisotopic (exact) mass is 313 g/mol. The molecule has 21 heavy (non-hydrogen) atoms. The highest BCUT2D eigenvalue weighted by Gasteiger charge is 2.26. The first-order chi connectivity index (χ1) is 10.1. The van der Waals surface area contributed by atoms with Crippen LogP contribution < -0.4 is 10.6 Å². The Kier molecular flexibility index (Phi) is 5.78. The van der Waals surface area contributed by atoms with E-state index in [4.69, 9.17) is 22.1 Å². The smallest absolute Gasteiger partial charge is 0.310 e. The van der Waals surface area contributed by atoms with Crippen molar-refractivity contribution in [1.29, 1.82) is 0 Å². The van der Waals surface area contributed by atoms with Crippen molar-refractivity contribution < 1.29 is 9.66 Å². The molecule has 2 rings (SSSR count). The minimum Gasteiger partial charge on any atom is -0.378 e. The number of para-hydroxylation sites is 1. The molecule has 7 heteroatoms. The summed E-state index contributed by atoms with van der Waals surface area (Å²) in [4.78, 5) is 12.8. The first-order valence-electron chi connectivity index (χ1n) is 7.13. The maximum absolute atomic E-state index is 11.2. The lowest BCUT2D eigenvalue weighted by Gasteiger charge is -2.33. The molecule has 1 aromatic rings. The second-order valence-electron chi connectivity index (χ2n) is 5.06. The molecule has 116 valence electrons. The van der Waals surface area contributed by atoms with Gasteiger partial charge in [-0.2, -0.15) is 0 Å². The van der Waals surface area contributed by atoms with Gasteiger partial charge in [0.15, 0.2) is 0 Å². The molecule has 1 aliphatic heterocycles. The van der Waals surface area contributed by atoms with E-state index in [9.17, 15) is 10.1 Å². The number of nitrogens with two attached hydrogens (primary N) is 1. The lowest BCUT2D eigenvalue weighted by molar-refractivity contribution is -0.384. The van der Waals surface area contributed by atoms with E-state index in [2.05, 4.69) is 0 Å². The molecule has 6 nitrogen and oxygen atoms in total. The van der Waals surface area contributed by atoms with Gasteiger partial charge in [-0.25, -0.2) is 0 Å². The van der Waals surface area contributed by atoms with Gasteiger partial charge in [-0.15, -0.1) is 0 Å². The number of ether oxygens (including phenoxy) is 1. The van der Waals surface area contributed by atoms with Gasteiger partial charge in [0.25, 0.3) is 0 Å². The van der Waals surface area contributed by atoms with Crippen molar-refractivity contribution in [3.05, 3.63) is 33.3 Å². The SMILES string of the molecule is NCCCOC1CCN(c2cccc(Cl)c2[N+](=O)[O-])CC1. The third kappa shape index (κ3) is 4.06. The molecule has 0 bridgehead atoms. The molecule has 0 radical (unpaired) electrons. The minimum absolute atomic E-state index is 0.0123. The standard InChI is InChI=1S/C14H20ClN3O3/c15-12-3-1-4-13(14(12)18(19)20)17-8-5-11(6-9-17)21-10-2-7-16/h1,3-4,11H,2,5-10,16H2. The number of benzene rings is 1. The Balaban J connectivity index is 1.99. The number of hydrogen-bond donors (Lipinski definition) is 1. The highest BCUT2D eigenvalue weighted by atomic mass is 35.5. The van der Waals surface area contributed by atoms with Gasteiger partial charge in [0.2, 0.25) is 0 Å². The minimum atomic E-state index is -0.415. The molecular formula is C14H20ClN3O3. The van der Waals surface area contributed by atoms with E-state index in [-0.39, 0.29) is 16.8 Å². The van der Waals surface area contributed by atoms with Crippen LogP contribution in [0, 0.1) is 10.1 Å². The number of nitro benzene ring substituents is 1. The highest BCUT2D eigenvalue weighted by molar-refractivity contribution is 6.33. The molecule has 0 saturated carbocycles. The van der Waals surface area contributed by atoms with Gasteiger partial charge in [-0.1, -0.05) is 17.7 Å². The number of rotatable bonds is 6. The van der Waals surface area contributed by atoms with Gasteiger partial charge in [0.05, 0.1) is 11.0 Å². The Morgan fingerprint density at radius 1 is 1.43 bits per heavy atom. The average Bonchev–Trinajstić information content (AvgIpc) is 2.47. The molecule has 0 spiro atoms. The third-order valence-corrected chi connectivity index (χ3v) is 3.94. The number of nitrogens with zero attached hydrogens (tertiary/aromatic N) is 2. The van der Waals surface area contributed by atoms with Gasteiger partial charge in [-0.05, 0) is 37.9 Å². The molecule has 1 fully saturated rings. The van der Waals surface area contributed by atoms with Crippen molar-refractivity contribution in [2.45, 2.75) is 25.4 Å². The van der Waals surface area contributed by atoms with Crippen LogP contribution in [0.15, 0.2) is 18.2 Å². The summed E-state index contributed by atoms with van der Waals surface area (Å²) in [7, 11) is 0. The maximum atomic E-state index is 11.2. The van der Waals surface area contributed by atoms with E-state index in [1.165, 1.54) is 0 Å². The molecule has 0 atom stereocenters. The summed E-state index contributed by atoms with van der Waals surface area (Å²) in [6, 6.07) is 5.04. The van der Waals surface area contributed by atoms with Crippen molar-refractivity contribution in [2.24, 2.45) is 5.73 Å². The van der Waals surface area contributed by atoms with Crippen LogP contribution in [0.5, 0.6) is 0 Å². The number of anilines is 1. The Morgan fingerprint density at radius 2 is 2.14 bits per heavy atom. The normalized spacial score (nSPS) is 16.2. The van der Waals surface area contributed by atoms with E-state index in [0.717, 1.165) is 32.4 Å². The zero-order valence-electron chi connectivity index (χ0n) is 11.8. The van der Waals surface area contributed by atoms with Crippen LogP contribution in [-0.4, -0.2) is 37.3 Å². The number of halogens is 1. The molecule has 1 saturated heterocycles. The van der Waals surface area contributed by atoms with E-state index in [0.29, 0.717) is 18.8 Å². The second kappa shape index (κ2) is 7.59. The number of piperidine rings is 1. The summed E-state index contributed by atoms with van der Waals surface area (Å²) < 4.78 is 5.74. The van der Waals surface area contributed by atoms with Crippen molar-refractivity contribution in [2.75, 3.05) is 31.1 Å². The fourth-order valence-electron chi connectivity index (χ4n) is 2.54. The topological polar surface area (TPSA) is 81.6 Å². The quantitative estimate of drug-likeness (QED) is 0.496. The first kappa shape index (κ1) is 16.0. The summed E-state index contributed by atoms with van der Waals surface area (Å²) in [6.45, 7) is 2.77.